The highest BCUT2D eigenvalue weighted by molar-refractivity contribution is 5.54. The van der Waals surface area contributed by atoms with E-state index >= 15 is 0 Å². The summed E-state index contributed by atoms with van der Waals surface area (Å²) in [6, 6.07) is 14.7. The van der Waals surface area contributed by atoms with E-state index in [1.165, 1.54) is 17.7 Å². The van der Waals surface area contributed by atoms with Gasteiger partial charge in [-0.3, -0.25) is 4.79 Å². The molecule has 0 unspecified atom stereocenters. The summed E-state index contributed by atoms with van der Waals surface area (Å²) in [7, 11) is 0. The van der Waals surface area contributed by atoms with Crippen LogP contribution in [0.5, 0.6) is 0 Å². The number of rotatable bonds is 2. The number of halogens is 1. The van der Waals surface area contributed by atoms with E-state index in [1.807, 2.05) is 18.2 Å². The second kappa shape index (κ2) is 9.11. The number of nitrogens with zero attached hydrogens (tertiary/aromatic N) is 1. The lowest BCUT2D eigenvalue weighted by Crippen LogP contribution is -2.34. The van der Waals surface area contributed by atoms with Crippen LogP contribution in [-0.2, 0) is 16.0 Å². The molecule has 2 aliphatic rings. The highest BCUT2D eigenvalue weighted by Gasteiger charge is 2.27. The molecular weight excluding hydrogens is 343 g/mol. The van der Waals surface area contributed by atoms with Crippen molar-refractivity contribution >= 4 is 6.41 Å². The molecule has 0 saturated carbocycles. The lowest BCUT2D eigenvalue weighted by atomic mass is 9.88. The van der Waals surface area contributed by atoms with E-state index in [2.05, 4.69) is 13.0 Å². The van der Waals surface area contributed by atoms with Gasteiger partial charge in [0.2, 0.25) is 6.41 Å². The maximum atomic E-state index is 13.0. The number of hydrogen-bond donors (Lipinski definition) is 1. The van der Waals surface area contributed by atoms with E-state index in [-0.39, 0.29) is 11.9 Å². The molecule has 5 heteroatoms. The van der Waals surface area contributed by atoms with Crippen molar-refractivity contribution < 1.29 is 13.9 Å². The molecule has 144 valence electrons. The van der Waals surface area contributed by atoms with Crippen molar-refractivity contribution in [2.24, 2.45) is 5.73 Å². The summed E-state index contributed by atoms with van der Waals surface area (Å²) in [6.45, 7) is 3.54. The van der Waals surface area contributed by atoms with Crippen LogP contribution in [0.4, 0.5) is 4.39 Å². The molecule has 2 aliphatic heterocycles. The Bertz CT molecular complexity index is 732. The molecule has 0 radical (unpaired) electrons. The lowest BCUT2D eigenvalue weighted by Gasteiger charge is -2.35. The van der Waals surface area contributed by atoms with Gasteiger partial charge in [-0.25, -0.2) is 4.39 Å². The van der Waals surface area contributed by atoms with Gasteiger partial charge in [0.1, 0.15) is 5.82 Å². The highest BCUT2D eigenvalue weighted by Crippen LogP contribution is 2.34. The first kappa shape index (κ1) is 19.5. The fourth-order valence-corrected chi connectivity index (χ4v) is 3.62. The quantitative estimate of drug-likeness (QED) is 0.824. The zero-order chi connectivity index (χ0) is 19.2. The Hall–Kier alpha value is -2.24. The van der Waals surface area contributed by atoms with Crippen LogP contribution in [0.2, 0.25) is 0 Å². The summed E-state index contributed by atoms with van der Waals surface area (Å²) in [4.78, 5) is 13.0. The number of benzene rings is 2. The first-order valence-corrected chi connectivity index (χ1v) is 9.50. The van der Waals surface area contributed by atoms with Crippen LogP contribution in [0.1, 0.15) is 42.5 Å². The fraction of sp³-hybridized carbons (Fsp3) is 0.409. The Labute approximate surface area is 160 Å². The molecule has 2 heterocycles. The van der Waals surface area contributed by atoms with E-state index in [0.29, 0.717) is 18.7 Å². The van der Waals surface area contributed by atoms with Crippen molar-refractivity contribution in [2.45, 2.75) is 44.4 Å². The van der Waals surface area contributed by atoms with Crippen molar-refractivity contribution in [3.05, 3.63) is 71.0 Å². The van der Waals surface area contributed by atoms with Crippen LogP contribution in [0.3, 0.4) is 0 Å². The zero-order valence-corrected chi connectivity index (χ0v) is 15.7. The minimum atomic E-state index is -0.259. The number of carbonyl (C=O) groups excluding carboxylic acids is 1. The highest BCUT2D eigenvalue weighted by atomic mass is 19.1. The van der Waals surface area contributed by atoms with Gasteiger partial charge in [-0.1, -0.05) is 36.4 Å². The molecule has 27 heavy (non-hydrogen) atoms. The second-order valence-corrected chi connectivity index (χ2v) is 7.23. The Morgan fingerprint density at radius 1 is 1.15 bits per heavy atom. The standard InChI is InChI=1S/C16H14FNO.C6H13NO/c17-14-7-5-13(6-8-14)16-15-4-2-1-3-12(15)9-10-18(16)11-19;1-5-2-3-6(7)4-8-5/h1-8,11,16H,9-10H2;5-6H,2-4,7H2,1H3/t16-;5-,6+/m00/s1. The van der Waals surface area contributed by atoms with Crippen molar-refractivity contribution in [3.8, 4) is 0 Å². The van der Waals surface area contributed by atoms with Gasteiger partial charge >= 0.3 is 0 Å². The van der Waals surface area contributed by atoms with Gasteiger partial charge in [0.25, 0.3) is 0 Å². The van der Waals surface area contributed by atoms with Gasteiger partial charge in [-0.05, 0) is 55.0 Å². The summed E-state index contributed by atoms with van der Waals surface area (Å²) in [5.41, 5.74) is 8.91. The molecule has 2 aromatic rings. The van der Waals surface area contributed by atoms with Crippen LogP contribution in [-0.4, -0.2) is 36.6 Å². The Kier molecular flexibility index (Phi) is 6.58. The van der Waals surface area contributed by atoms with E-state index in [4.69, 9.17) is 10.5 Å². The Morgan fingerprint density at radius 3 is 2.52 bits per heavy atom. The first-order chi connectivity index (χ1) is 13.1. The first-order valence-electron chi connectivity index (χ1n) is 9.50. The van der Waals surface area contributed by atoms with E-state index < -0.39 is 0 Å². The van der Waals surface area contributed by atoms with Gasteiger partial charge < -0.3 is 15.4 Å². The van der Waals surface area contributed by atoms with Crippen molar-refractivity contribution in [3.63, 3.8) is 0 Å². The van der Waals surface area contributed by atoms with Gasteiger partial charge in [-0.2, -0.15) is 0 Å². The van der Waals surface area contributed by atoms with E-state index in [0.717, 1.165) is 43.4 Å². The fourth-order valence-electron chi connectivity index (χ4n) is 3.62. The number of fused-ring (bicyclic) bond motifs is 1. The summed E-state index contributed by atoms with van der Waals surface area (Å²) in [6.07, 6.45) is 4.44. The Morgan fingerprint density at radius 2 is 1.89 bits per heavy atom. The molecule has 1 amide bonds. The molecule has 4 nitrogen and oxygen atoms in total. The molecule has 4 rings (SSSR count). The number of ether oxygens (including phenoxy) is 1. The van der Waals surface area contributed by atoms with Crippen molar-refractivity contribution in [2.75, 3.05) is 13.2 Å². The second-order valence-electron chi connectivity index (χ2n) is 7.23. The van der Waals surface area contributed by atoms with Crippen LogP contribution < -0.4 is 5.73 Å². The molecule has 0 spiro atoms. The third-order valence-electron chi connectivity index (χ3n) is 5.18. The molecule has 2 N–H and O–H groups in total. The maximum absolute atomic E-state index is 13.0. The number of carbonyl (C=O) groups is 1. The average Bonchev–Trinajstić information content (AvgIpc) is 2.70. The predicted molar refractivity (Wildman–Crippen MR) is 104 cm³/mol. The van der Waals surface area contributed by atoms with Crippen LogP contribution in [0.15, 0.2) is 48.5 Å². The number of hydrogen-bond acceptors (Lipinski definition) is 3. The van der Waals surface area contributed by atoms with Gasteiger partial charge in [0.15, 0.2) is 0 Å². The van der Waals surface area contributed by atoms with E-state index in [9.17, 15) is 9.18 Å². The summed E-state index contributed by atoms with van der Waals surface area (Å²) in [5, 5.41) is 0. The Balaban J connectivity index is 0.000000221. The van der Waals surface area contributed by atoms with Crippen LogP contribution in [0, 0.1) is 5.82 Å². The topological polar surface area (TPSA) is 55.6 Å². The molecule has 0 aromatic heterocycles. The molecule has 0 aliphatic carbocycles. The lowest BCUT2D eigenvalue weighted by molar-refractivity contribution is -0.119. The smallest absolute Gasteiger partial charge is 0.210 e. The molecule has 1 saturated heterocycles. The monoisotopic (exact) mass is 370 g/mol. The van der Waals surface area contributed by atoms with Gasteiger partial charge in [0, 0.05) is 12.6 Å². The largest absolute Gasteiger partial charge is 0.377 e. The number of amides is 1. The minimum Gasteiger partial charge on any atom is -0.377 e. The molecule has 0 bridgehead atoms. The molecular formula is C22H27FN2O2. The summed E-state index contributed by atoms with van der Waals surface area (Å²) in [5.74, 6) is -0.259. The van der Waals surface area contributed by atoms with Crippen LogP contribution in [0.25, 0.3) is 0 Å². The van der Waals surface area contributed by atoms with Crippen molar-refractivity contribution in [1.29, 1.82) is 0 Å². The van der Waals surface area contributed by atoms with Gasteiger partial charge in [-0.15, -0.1) is 0 Å². The summed E-state index contributed by atoms with van der Waals surface area (Å²) >= 11 is 0. The number of nitrogens with two attached hydrogens (primary N) is 1. The maximum Gasteiger partial charge on any atom is 0.210 e. The van der Waals surface area contributed by atoms with Crippen LogP contribution >= 0.6 is 0 Å². The van der Waals surface area contributed by atoms with Crippen molar-refractivity contribution in [1.82, 2.24) is 4.90 Å². The molecule has 3 atom stereocenters. The average molecular weight is 370 g/mol. The van der Waals surface area contributed by atoms with Gasteiger partial charge in [0.05, 0.1) is 18.8 Å². The molecule has 2 aromatic carbocycles. The normalized spacial score (nSPS) is 24.4. The SMILES string of the molecule is C[C@H]1CC[C@@H](N)CO1.O=CN1CCc2ccccc2[C@@H]1c1ccc(F)cc1. The summed E-state index contributed by atoms with van der Waals surface area (Å²) < 4.78 is 18.3. The molecule has 1 fully saturated rings. The third-order valence-corrected chi connectivity index (χ3v) is 5.18. The minimum absolute atomic E-state index is 0.108. The predicted octanol–water partition coefficient (Wildman–Crippen LogP) is 3.44. The van der Waals surface area contributed by atoms with E-state index in [1.54, 1.807) is 17.0 Å². The third kappa shape index (κ3) is 4.93. The zero-order valence-electron chi connectivity index (χ0n) is 15.7.